The Balaban J connectivity index is 1.33. The minimum atomic E-state index is -0.0383. The number of morpholine rings is 1. The van der Waals surface area contributed by atoms with Crippen LogP contribution in [0.5, 0.6) is 0 Å². The molecule has 0 radical (unpaired) electrons. The van der Waals surface area contributed by atoms with Gasteiger partial charge < -0.3 is 15.0 Å². The van der Waals surface area contributed by atoms with Crippen LogP contribution in [-0.2, 0) is 20.7 Å². The summed E-state index contributed by atoms with van der Waals surface area (Å²) in [6.07, 6.45) is 3.85. The Morgan fingerprint density at radius 3 is 2.84 bits per heavy atom. The standard InChI is InChI=1S/C17H23N5O3/c23-16(5-3-6-17(24)21-10-12-25-13-11-21)18-8-7-15-20-19-14-4-1-2-9-22(14)15/h1-2,4,9H,3,5-8,10-13H2,(H,18,23). The Labute approximate surface area is 146 Å². The molecule has 1 saturated heterocycles. The van der Waals surface area contributed by atoms with Crippen molar-refractivity contribution in [2.45, 2.75) is 25.7 Å². The van der Waals surface area contributed by atoms with Gasteiger partial charge >= 0.3 is 0 Å². The van der Waals surface area contributed by atoms with Crippen LogP contribution in [-0.4, -0.2) is 64.2 Å². The second kappa shape index (κ2) is 8.57. The van der Waals surface area contributed by atoms with Gasteiger partial charge in [-0.05, 0) is 18.6 Å². The van der Waals surface area contributed by atoms with E-state index in [4.69, 9.17) is 4.74 Å². The van der Waals surface area contributed by atoms with Crippen LogP contribution in [0.25, 0.3) is 5.65 Å². The van der Waals surface area contributed by atoms with Crippen LogP contribution in [0.15, 0.2) is 24.4 Å². The van der Waals surface area contributed by atoms with Gasteiger partial charge in [0.25, 0.3) is 0 Å². The molecule has 0 atom stereocenters. The van der Waals surface area contributed by atoms with Gasteiger partial charge in [0.1, 0.15) is 5.82 Å². The molecule has 3 rings (SSSR count). The lowest BCUT2D eigenvalue weighted by atomic mass is 10.2. The maximum absolute atomic E-state index is 12.0. The summed E-state index contributed by atoms with van der Waals surface area (Å²) in [5.41, 5.74) is 0.797. The predicted octanol–water partition coefficient (Wildman–Crippen LogP) is 0.417. The Kier molecular flexibility index (Phi) is 5.95. The number of aromatic nitrogens is 3. The zero-order chi connectivity index (χ0) is 17.5. The number of pyridine rings is 1. The third-order valence-electron chi connectivity index (χ3n) is 4.21. The molecule has 2 aromatic rings. The summed E-state index contributed by atoms with van der Waals surface area (Å²) in [7, 11) is 0. The van der Waals surface area contributed by atoms with Crippen molar-refractivity contribution in [1.82, 2.24) is 24.8 Å². The molecule has 0 unspecified atom stereocenters. The molecule has 25 heavy (non-hydrogen) atoms. The molecule has 8 nitrogen and oxygen atoms in total. The van der Waals surface area contributed by atoms with Crippen molar-refractivity contribution in [2.75, 3.05) is 32.8 Å². The Morgan fingerprint density at radius 1 is 1.16 bits per heavy atom. The molecule has 0 saturated carbocycles. The number of nitrogens with one attached hydrogen (secondary N) is 1. The first kappa shape index (κ1) is 17.3. The van der Waals surface area contributed by atoms with Gasteiger partial charge in [0.05, 0.1) is 13.2 Å². The van der Waals surface area contributed by atoms with Crippen LogP contribution in [0.1, 0.15) is 25.1 Å². The zero-order valence-electron chi connectivity index (χ0n) is 14.2. The summed E-state index contributed by atoms with van der Waals surface area (Å²) in [4.78, 5) is 25.7. The molecular weight excluding hydrogens is 322 g/mol. The number of ether oxygens (including phenoxy) is 1. The van der Waals surface area contributed by atoms with Crippen LogP contribution < -0.4 is 5.32 Å². The number of carbonyl (C=O) groups is 2. The monoisotopic (exact) mass is 345 g/mol. The first-order chi connectivity index (χ1) is 12.2. The topological polar surface area (TPSA) is 88.8 Å². The van der Waals surface area contributed by atoms with Crippen molar-refractivity contribution in [3.05, 3.63) is 30.2 Å². The van der Waals surface area contributed by atoms with Gasteiger partial charge in [0, 0.05) is 45.1 Å². The highest BCUT2D eigenvalue weighted by atomic mass is 16.5. The Bertz CT molecular complexity index is 724. The summed E-state index contributed by atoms with van der Waals surface area (Å²) < 4.78 is 7.13. The molecule has 2 aromatic heterocycles. The van der Waals surface area contributed by atoms with Crippen LogP contribution >= 0.6 is 0 Å². The van der Waals surface area contributed by atoms with E-state index in [1.165, 1.54) is 0 Å². The van der Waals surface area contributed by atoms with Crippen LogP contribution in [0, 0.1) is 0 Å². The lowest BCUT2D eigenvalue weighted by molar-refractivity contribution is -0.135. The van der Waals surface area contributed by atoms with E-state index >= 15 is 0 Å². The smallest absolute Gasteiger partial charge is 0.222 e. The number of hydrogen-bond donors (Lipinski definition) is 1. The summed E-state index contributed by atoms with van der Waals surface area (Å²) in [5, 5.41) is 11.1. The van der Waals surface area contributed by atoms with Gasteiger partial charge in [-0.25, -0.2) is 0 Å². The lowest BCUT2D eigenvalue weighted by Crippen LogP contribution is -2.40. The normalized spacial score (nSPS) is 14.6. The largest absolute Gasteiger partial charge is 0.378 e. The summed E-state index contributed by atoms with van der Waals surface area (Å²) >= 11 is 0. The van der Waals surface area contributed by atoms with E-state index in [0.29, 0.717) is 58.5 Å². The number of rotatable bonds is 7. The Hall–Kier alpha value is -2.48. The first-order valence-electron chi connectivity index (χ1n) is 8.65. The van der Waals surface area contributed by atoms with Crippen molar-refractivity contribution >= 4 is 17.5 Å². The zero-order valence-corrected chi connectivity index (χ0v) is 14.2. The van der Waals surface area contributed by atoms with Gasteiger partial charge in [0.15, 0.2) is 5.65 Å². The molecule has 134 valence electrons. The number of fused-ring (bicyclic) bond motifs is 1. The van der Waals surface area contributed by atoms with E-state index in [9.17, 15) is 9.59 Å². The van der Waals surface area contributed by atoms with Crippen molar-refractivity contribution in [1.29, 1.82) is 0 Å². The molecule has 0 spiro atoms. The molecule has 2 amide bonds. The fraction of sp³-hybridized carbons (Fsp3) is 0.529. The average Bonchev–Trinajstić information content (AvgIpc) is 3.06. The Morgan fingerprint density at radius 2 is 2.00 bits per heavy atom. The van der Waals surface area contributed by atoms with Crippen molar-refractivity contribution < 1.29 is 14.3 Å². The van der Waals surface area contributed by atoms with Crippen molar-refractivity contribution in [3.63, 3.8) is 0 Å². The van der Waals surface area contributed by atoms with E-state index in [-0.39, 0.29) is 11.8 Å². The highest BCUT2D eigenvalue weighted by molar-refractivity contribution is 5.79. The van der Waals surface area contributed by atoms with Gasteiger partial charge in [-0.1, -0.05) is 6.07 Å². The molecular formula is C17H23N5O3. The SMILES string of the molecule is O=C(CCCC(=O)N1CCOCC1)NCCc1nnc2ccccn12. The summed E-state index contributed by atoms with van der Waals surface area (Å²) in [6, 6.07) is 5.72. The third kappa shape index (κ3) is 4.76. The average molecular weight is 345 g/mol. The van der Waals surface area contributed by atoms with Crippen LogP contribution in [0.3, 0.4) is 0 Å². The third-order valence-corrected chi connectivity index (χ3v) is 4.21. The van der Waals surface area contributed by atoms with Crippen molar-refractivity contribution in [2.24, 2.45) is 0 Å². The lowest BCUT2D eigenvalue weighted by Gasteiger charge is -2.26. The van der Waals surface area contributed by atoms with Gasteiger partial charge in [-0.2, -0.15) is 0 Å². The highest BCUT2D eigenvalue weighted by Crippen LogP contribution is 2.05. The number of amides is 2. The molecule has 1 aliphatic rings. The van der Waals surface area contributed by atoms with Gasteiger partial charge in [0.2, 0.25) is 11.8 Å². The second-order valence-corrected chi connectivity index (χ2v) is 5.99. The second-order valence-electron chi connectivity index (χ2n) is 5.99. The molecule has 0 aromatic carbocycles. The predicted molar refractivity (Wildman–Crippen MR) is 91.0 cm³/mol. The van der Waals surface area contributed by atoms with E-state index in [2.05, 4.69) is 15.5 Å². The molecule has 1 N–H and O–H groups in total. The first-order valence-corrected chi connectivity index (χ1v) is 8.65. The van der Waals surface area contributed by atoms with Crippen LogP contribution in [0.4, 0.5) is 0 Å². The molecule has 0 bridgehead atoms. The summed E-state index contributed by atoms with van der Waals surface area (Å²) in [5.74, 6) is 0.882. The molecule has 0 aliphatic carbocycles. The van der Waals surface area contributed by atoms with Gasteiger partial charge in [-0.15, -0.1) is 10.2 Å². The van der Waals surface area contributed by atoms with E-state index in [1.807, 2.05) is 28.8 Å². The molecule has 3 heterocycles. The maximum Gasteiger partial charge on any atom is 0.222 e. The quantitative estimate of drug-likeness (QED) is 0.785. The highest BCUT2D eigenvalue weighted by Gasteiger charge is 2.16. The van der Waals surface area contributed by atoms with Crippen LogP contribution in [0.2, 0.25) is 0 Å². The number of nitrogens with zero attached hydrogens (tertiary/aromatic N) is 4. The fourth-order valence-corrected chi connectivity index (χ4v) is 2.83. The van der Waals surface area contributed by atoms with E-state index < -0.39 is 0 Å². The molecule has 1 fully saturated rings. The van der Waals surface area contributed by atoms with E-state index in [0.717, 1.165) is 11.5 Å². The summed E-state index contributed by atoms with van der Waals surface area (Å²) in [6.45, 7) is 3.01. The van der Waals surface area contributed by atoms with Gasteiger partial charge in [-0.3, -0.25) is 14.0 Å². The minimum absolute atomic E-state index is 0.0383. The number of carbonyl (C=O) groups excluding carboxylic acids is 2. The van der Waals surface area contributed by atoms with E-state index in [1.54, 1.807) is 4.90 Å². The number of hydrogen-bond acceptors (Lipinski definition) is 5. The maximum atomic E-state index is 12.0. The molecule has 1 aliphatic heterocycles. The molecule has 8 heteroatoms. The minimum Gasteiger partial charge on any atom is -0.378 e. The fourth-order valence-electron chi connectivity index (χ4n) is 2.83. The van der Waals surface area contributed by atoms with Crippen molar-refractivity contribution in [3.8, 4) is 0 Å².